The summed E-state index contributed by atoms with van der Waals surface area (Å²) in [4.78, 5) is 9.76. The van der Waals surface area contributed by atoms with Crippen LogP contribution in [0.4, 0.5) is 4.39 Å². The quantitative estimate of drug-likeness (QED) is 0.123. The van der Waals surface area contributed by atoms with Crippen LogP contribution in [0.15, 0.2) is 168 Å². The number of rotatable bonds is 6. The van der Waals surface area contributed by atoms with Gasteiger partial charge in [0.05, 0.1) is 22.4 Å². The van der Waals surface area contributed by atoms with Crippen LogP contribution in [0.1, 0.15) is 31.9 Å². The van der Waals surface area contributed by atoms with Crippen LogP contribution in [-0.2, 0) is 25.5 Å². The van der Waals surface area contributed by atoms with Crippen molar-refractivity contribution in [2.24, 2.45) is 0 Å². The molecule has 0 fully saturated rings. The first-order valence-electron chi connectivity index (χ1n) is 21.1. The Bertz CT molecular complexity index is 3200. The zero-order valence-electron chi connectivity index (χ0n) is 36.5. The predicted octanol–water partition coefficient (Wildman–Crippen LogP) is 14.6. The molecule has 0 N–H and O–H groups in total. The summed E-state index contributed by atoms with van der Waals surface area (Å²) in [7, 11) is 0. The third-order valence-electron chi connectivity index (χ3n) is 11.5. The zero-order valence-corrected chi connectivity index (χ0v) is 41.0. The fourth-order valence-electron chi connectivity index (χ4n) is 8.00. The van der Waals surface area contributed by atoms with Gasteiger partial charge in [0.25, 0.3) is 0 Å². The van der Waals surface area contributed by atoms with Crippen LogP contribution < -0.4 is 4.40 Å². The van der Waals surface area contributed by atoms with Crippen LogP contribution in [0, 0.1) is 24.9 Å². The molecule has 0 saturated heterocycles. The smallest absolute Gasteiger partial charge is 0 e. The molecule has 7 aromatic carbocycles. The molecule has 0 unspecified atom stereocenters. The van der Waals surface area contributed by atoms with Gasteiger partial charge in [0.1, 0.15) is 11.4 Å². The minimum absolute atomic E-state index is 0. The average molecular weight is 1060 g/mol. The summed E-state index contributed by atoms with van der Waals surface area (Å²) in [6.07, 6.45) is 2.04. The van der Waals surface area contributed by atoms with Gasteiger partial charge >= 0.3 is 99.8 Å². The van der Waals surface area contributed by atoms with Gasteiger partial charge in [0.2, 0.25) is 0 Å². The molecule has 3 aromatic heterocycles. The van der Waals surface area contributed by atoms with Crippen LogP contribution >= 0.6 is 0 Å². The van der Waals surface area contributed by atoms with Crippen molar-refractivity contribution >= 4 is 50.6 Å². The summed E-state index contributed by atoms with van der Waals surface area (Å²) >= 11 is -1.72. The van der Waals surface area contributed by atoms with E-state index >= 15 is 0 Å². The molecular weight excluding hydrogens is 1010 g/mol. The van der Waals surface area contributed by atoms with E-state index in [0.29, 0.717) is 0 Å². The molecule has 315 valence electrons. The van der Waals surface area contributed by atoms with Crippen molar-refractivity contribution in [1.29, 1.82) is 0 Å². The molecule has 0 bridgehead atoms. The first kappa shape index (κ1) is 43.7. The van der Waals surface area contributed by atoms with E-state index in [2.05, 4.69) is 158 Å². The van der Waals surface area contributed by atoms with Gasteiger partial charge in [-0.3, -0.25) is 4.98 Å². The second-order valence-electron chi connectivity index (χ2n) is 17.9. The normalized spacial score (nSPS) is 11.7. The molecule has 0 saturated carbocycles. The summed E-state index contributed by atoms with van der Waals surface area (Å²) in [5.41, 5.74) is 13.8. The van der Waals surface area contributed by atoms with E-state index in [1.807, 2.05) is 48.7 Å². The largest absolute Gasteiger partial charge is 0 e. The Labute approximate surface area is 385 Å². The number of fused-ring (bicyclic) bond motifs is 4. The summed E-state index contributed by atoms with van der Waals surface area (Å²) in [6, 6.07) is 59.4. The molecule has 1 radical (unpaired) electrons. The van der Waals surface area contributed by atoms with Gasteiger partial charge in [-0.1, -0.05) is 111 Å². The third kappa shape index (κ3) is 8.86. The Morgan fingerprint density at radius 1 is 0.714 bits per heavy atom. The maximum Gasteiger partial charge on any atom is 0 e. The minimum atomic E-state index is -1.72. The number of para-hydroxylation sites is 2. The number of pyridine rings is 1. The topological polar surface area (TPSA) is 43.9 Å². The summed E-state index contributed by atoms with van der Waals surface area (Å²) in [5.74, 6) is 7.66. The average Bonchev–Trinajstić information content (AvgIpc) is 3.86. The number of aromatic nitrogens is 3. The monoisotopic (exact) mass is 1060 g/mol. The van der Waals surface area contributed by atoms with E-state index in [1.54, 1.807) is 12.1 Å². The van der Waals surface area contributed by atoms with Crippen LogP contribution in [0.5, 0.6) is 0 Å². The second kappa shape index (κ2) is 17.7. The molecule has 3 heterocycles. The zero-order chi connectivity index (χ0) is 43.2. The number of imidazole rings is 1. The number of aryl methyl sites for hydroxylation is 1. The molecule has 7 heteroatoms. The van der Waals surface area contributed by atoms with Gasteiger partial charge in [0, 0.05) is 36.7 Å². The van der Waals surface area contributed by atoms with Crippen LogP contribution in [-0.4, -0.2) is 27.8 Å². The molecule has 0 atom stereocenters. The number of hydrogen-bond acceptors (Lipinski definition) is 3. The molecular formula is C56H48FGeIrN3O-2. The summed E-state index contributed by atoms with van der Waals surface area (Å²) in [6.45, 7) is 8.83. The van der Waals surface area contributed by atoms with Gasteiger partial charge in [-0.2, -0.15) is 0 Å². The van der Waals surface area contributed by atoms with Crippen molar-refractivity contribution < 1.29 is 28.9 Å². The van der Waals surface area contributed by atoms with Crippen LogP contribution in [0.2, 0.25) is 17.3 Å². The van der Waals surface area contributed by atoms with Gasteiger partial charge in [-0.15, -0.1) is 17.7 Å². The van der Waals surface area contributed by atoms with Gasteiger partial charge in [0.15, 0.2) is 0 Å². The molecule has 0 aliphatic heterocycles. The van der Waals surface area contributed by atoms with Gasteiger partial charge in [-0.25, -0.2) is 4.39 Å². The Morgan fingerprint density at radius 2 is 1.44 bits per heavy atom. The van der Waals surface area contributed by atoms with Crippen molar-refractivity contribution in [3.05, 3.63) is 193 Å². The number of nitrogens with zero attached hydrogens (tertiary/aromatic N) is 3. The Balaban J connectivity index is 0.000000271. The molecule has 0 spiro atoms. The Hall–Kier alpha value is -5.92. The first-order chi connectivity index (χ1) is 29.8. The summed E-state index contributed by atoms with van der Waals surface area (Å²) < 4.78 is 24.0. The van der Waals surface area contributed by atoms with Crippen molar-refractivity contribution in [1.82, 2.24) is 14.5 Å². The third-order valence-corrected chi connectivity index (χ3v) is 15.8. The predicted molar refractivity (Wildman–Crippen MR) is 258 cm³/mol. The fraction of sp³-hybridized carbons (Fsp3) is 0.143. The fourth-order valence-corrected chi connectivity index (χ4v) is 10.2. The molecule has 10 aromatic rings. The molecule has 0 aliphatic rings. The SMILES string of the molecule is Cc1c[c-]c(-c2nc3ccccc3n2-c2ccc(C(C)(C)C)cc2-c2ccccc2)c2oc3cc(-c4ccc(F)cc4)ccc3c12.[CH3][Ge]([CH3])([CH3])[c]1ccc(-c2[c-]cccc2)nc1.[Ir]. The maximum atomic E-state index is 13.6. The number of halogens is 1. The van der Waals surface area contributed by atoms with Crippen molar-refractivity contribution in [3.63, 3.8) is 0 Å². The Morgan fingerprint density at radius 3 is 2.14 bits per heavy atom. The van der Waals surface area contributed by atoms with Crippen molar-refractivity contribution in [2.45, 2.75) is 50.4 Å². The standard InChI is InChI=1S/C42H32FN2O.C14H16GeN.Ir/c1-26-14-21-33(40-39(26)32-22-17-29(24-38(32)46-40)27-15-19-31(43)20-16-27)41-44-35-12-8-9-13-37(35)45(41)36-23-18-30(42(2,3)4)25-34(36)28-10-6-5-7-11-28;1-15(2,3)13-9-10-14(16-11-13)12-7-5-4-6-8-12;/h5-20,22-25H,1-4H3;4-7,9-11H,1-3H3;/q2*-1;. The van der Waals surface area contributed by atoms with E-state index < -0.39 is 13.3 Å². The van der Waals surface area contributed by atoms with Crippen LogP contribution in [0.25, 0.3) is 83.6 Å². The van der Waals surface area contributed by atoms with Gasteiger partial charge < -0.3 is 8.98 Å². The Kier molecular flexibility index (Phi) is 12.3. The molecule has 0 aliphatic carbocycles. The summed E-state index contributed by atoms with van der Waals surface area (Å²) in [5, 5.41) is 2.06. The number of benzene rings is 7. The van der Waals surface area contributed by atoms with E-state index in [9.17, 15) is 4.39 Å². The first-order valence-corrected chi connectivity index (χ1v) is 28.4. The molecule has 63 heavy (non-hydrogen) atoms. The maximum absolute atomic E-state index is 13.6. The van der Waals surface area contributed by atoms with E-state index in [1.165, 1.54) is 22.1 Å². The van der Waals surface area contributed by atoms with E-state index in [4.69, 9.17) is 9.40 Å². The second-order valence-corrected chi connectivity index (χ2v) is 28.6. The van der Waals surface area contributed by atoms with Crippen LogP contribution in [0.3, 0.4) is 0 Å². The molecule has 10 rings (SSSR count). The minimum Gasteiger partial charge on any atom is 0 e. The van der Waals surface area contributed by atoms with Crippen molar-refractivity contribution in [3.8, 4) is 50.6 Å². The van der Waals surface area contributed by atoms with Crippen molar-refractivity contribution in [2.75, 3.05) is 0 Å². The number of furan rings is 1. The van der Waals surface area contributed by atoms with E-state index in [-0.39, 0.29) is 31.3 Å². The van der Waals surface area contributed by atoms with E-state index in [0.717, 1.165) is 89.1 Å². The van der Waals surface area contributed by atoms with Gasteiger partial charge in [-0.05, 0) is 70.1 Å². The molecule has 0 amide bonds. The molecule has 4 nitrogen and oxygen atoms in total. The number of hydrogen-bond donors (Lipinski definition) is 0.